The van der Waals surface area contributed by atoms with Crippen LogP contribution >= 0.6 is 0 Å². The molecule has 0 spiro atoms. The van der Waals surface area contributed by atoms with Gasteiger partial charge in [-0.15, -0.1) is 10.2 Å². The molecule has 6 heteroatoms. The third kappa shape index (κ3) is 3.66. The predicted molar refractivity (Wildman–Crippen MR) is 109 cm³/mol. The van der Waals surface area contributed by atoms with Gasteiger partial charge in [0.1, 0.15) is 0 Å². The van der Waals surface area contributed by atoms with Crippen molar-refractivity contribution >= 4 is 16.8 Å². The Morgan fingerprint density at radius 1 is 1.10 bits per heavy atom. The number of nitrogens with one attached hydrogen (secondary N) is 2. The molecule has 0 radical (unpaired) electrons. The van der Waals surface area contributed by atoms with Gasteiger partial charge < -0.3 is 14.7 Å². The highest BCUT2D eigenvalue weighted by Crippen LogP contribution is 2.30. The lowest BCUT2D eigenvalue weighted by Crippen LogP contribution is -2.27. The normalized spacial score (nSPS) is 15.5. The van der Waals surface area contributed by atoms with E-state index in [1.54, 1.807) is 0 Å². The van der Waals surface area contributed by atoms with Crippen molar-refractivity contribution in [2.24, 2.45) is 0 Å². The Morgan fingerprint density at radius 2 is 1.93 bits per heavy atom. The van der Waals surface area contributed by atoms with Crippen molar-refractivity contribution in [2.75, 3.05) is 0 Å². The summed E-state index contributed by atoms with van der Waals surface area (Å²) in [5, 5.41) is 12.5. The molecule has 2 aromatic heterocycles. The Kier molecular flexibility index (Phi) is 4.60. The molecule has 0 aliphatic heterocycles. The number of aromatic amines is 1. The number of hydrogen-bond donors (Lipinski definition) is 2. The average Bonchev–Trinajstić information content (AvgIpc) is 3.47. The van der Waals surface area contributed by atoms with Gasteiger partial charge in [0, 0.05) is 29.9 Å². The van der Waals surface area contributed by atoms with E-state index in [-0.39, 0.29) is 11.9 Å². The largest absolute Gasteiger partial charge is 0.425 e. The number of rotatable bonds is 6. The minimum absolute atomic E-state index is 0.0167. The van der Waals surface area contributed by atoms with E-state index in [9.17, 15) is 4.79 Å². The number of nitrogens with zero attached hydrogens (tertiary/aromatic N) is 2. The first kappa shape index (κ1) is 17.7. The van der Waals surface area contributed by atoms with Gasteiger partial charge in [-0.25, -0.2) is 0 Å². The number of H-pyrrole nitrogens is 1. The van der Waals surface area contributed by atoms with Gasteiger partial charge in [0.2, 0.25) is 17.7 Å². The number of carbonyl (C=O) groups excluding carboxylic acids is 1. The van der Waals surface area contributed by atoms with Gasteiger partial charge in [-0.1, -0.05) is 42.5 Å². The first-order valence-corrected chi connectivity index (χ1v) is 10.00. The summed E-state index contributed by atoms with van der Waals surface area (Å²) < 4.78 is 5.77. The number of hydrogen-bond acceptors (Lipinski definition) is 4. The summed E-state index contributed by atoms with van der Waals surface area (Å²) in [6.45, 7) is 0. The molecule has 1 atom stereocenters. The fraction of sp³-hybridized carbons (Fsp3) is 0.261. The fourth-order valence-corrected chi connectivity index (χ4v) is 4.10. The highest BCUT2D eigenvalue weighted by Gasteiger charge is 2.23. The Morgan fingerprint density at radius 3 is 2.90 bits per heavy atom. The van der Waals surface area contributed by atoms with Gasteiger partial charge in [0.25, 0.3) is 0 Å². The SMILES string of the molecule is O=C(CCc1nnc(Cc2c[nH]c3ccccc23)o1)NC1CCc2ccccc21. The lowest BCUT2D eigenvalue weighted by molar-refractivity contribution is -0.121. The summed E-state index contributed by atoms with van der Waals surface area (Å²) in [5.74, 6) is 1.08. The van der Waals surface area contributed by atoms with Crippen LogP contribution in [-0.2, 0) is 24.1 Å². The topological polar surface area (TPSA) is 83.8 Å². The van der Waals surface area contributed by atoms with Crippen molar-refractivity contribution in [3.63, 3.8) is 0 Å². The van der Waals surface area contributed by atoms with Crippen molar-refractivity contribution in [3.05, 3.63) is 83.2 Å². The summed E-state index contributed by atoms with van der Waals surface area (Å²) in [6, 6.07) is 16.5. The molecule has 6 nitrogen and oxygen atoms in total. The molecular formula is C23H22N4O2. The fourth-order valence-electron chi connectivity index (χ4n) is 4.10. The van der Waals surface area contributed by atoms with Gasteiger partial charge >= 0.3 is 0 Å². The zero-order chi connectivity index (χ0) is 19.6. The van der Waals surface area contributed by atoms with E-state index in [4.69, 9.17) is 4.42 Å². The summed E-state index contributed by atoms with van der Waals surface area (Å²) in [5.41, 5.74) is 4.78. The van der Waals surface area contributed by atoms with Gasteiger partial charge in [-0.05, 0) is 35.6 Å². The molecule has 1 aliphatic carbocycles. The zero-order valence-electron chi connectivity index (χ0n) is 16.0. The van der Waals surface area contributed by atoms with Crippen molar-refractivity contribution in [1.82, 2.24) is 20.5 Å². The van der Waals surface area contributed by atoms with Crippen LogP contribution in [0.1, 0.15) is 47.4 Å². The molecule has 1 unspecified atom stereocenters. The monoisotopic (exact) mass is 386 g/mol. The molecule has 0 bridgehead atoms. The van der Waals surface area contributed by atoms with E-state index < -0.39 is 0 Å². The van der Waals surface area contributed by atoms with E-state index in [0.29, 0.717) is 31.0 Å². The summed E-state index contributed by atoms with van der Waals surface area (Å²) in [4.78, 5) is 15.6. The van der Waals surface area contributed by atoms with E-state index in [1.807, 2.05) is 36.5 Å². The number of carbonyl (C=O) groups is 1. The smallest absolute Gasteiger partial charge is 0.221 e. The Labute approximate surface area is 168 Å². The maximum Gasteiger partial charge on any atom is 0.221 e. The first-order valence-electron chi connectivity index (χ1n) is 10.00. The number of aryl methyl sites for hydroxylation is 2. The van der Waals surface area contributed by atoms with E-state index in [1.165, 1.54) is 11.1 Å². The standard InChI is InChI=1S/C23H22N4O2/c28-21(25-20-10-9-15-5-1-2-6-17(15)20)11-12-22-26-27-23(29-22)13-16-14-24-19-8-4-3-7-18(16)19/h1-8,14,20,24H,9-13H2,(H,25,28). The van der Waals surface area contributed by atoms with Crippen LogP contribution in [0.25, 0.3) is 10.9 Å². The highest BCUT2D eigenvalue weighted by atomic mass is 16.4. The van der Waals surface area contributed by atoms with Crippen LogP contribution in [0.15, 0.2) is 59.1 Å². The number of fused-ring (bicyclic) bond motifs is 2. The first-order chi connectivity index (χ1) is 14.3. The van der Waals surface area contributed by atoms with Gasteiger partial charge in [-0.3, -0.25) is 4.79 Å². The third-order valence-electron chi connectivity index (χ3n) is 5.56. The van der Waals surface area contributed by atoms with Crippen LogP contribution in [0.3, 0.4) is 0 Å². The van der Waals surface area contributed by atoms with Gasteiger partial charge in [0.15, 0.2) is 0 Å². The maximum absolute atomic E-state index is 12.4. The van der Waals surface area contributed by atoms with Crippen LogP contribution in [0.2, 0.25) is 0 Å². The Balaban J connectivity index is 1.17. The second-order valence-corrected chi connectivity index (χ2v) is 7.48. The number of amides is 1. The third-order valence-corrected chi connectivity index (χ3v) is 5.56. The lowest BCUT2D eigenvalue weighted by Gasteiger charge is -2.13. The van der Waals surface area contributed by atoms with Crippen molar-refractivity contribution < 1.29 is 9.21 Å². The molecule has 2 N–H and O–H groups in total. The molecule has 2 heterocycles. The van der Waals surface area contributed by atoms with E-state index >= 15 is 0 Å². The molecule has 1 amide bonds. The van der Waals surface area contributed by atoms with Crippen molar-refractivity contribution in [3.8, 4) is 0 Å². The quantitative estimate of drug-likeness (QED) is 0.527. The maximum atomic E-state index is 12.4. The molecule has 4 aromatic rings. The number of aromatic nitrogens is 3. The van der Waals surface area contributed by atoms with E-state index in [0.717, 1.165) is 29.3 Å². The average molecular weight is 386 g/mol. The Bertz CT molecular complexity index is 1160. The summed E-state index contributed by atoms with van der Waals surface area (Å²) in [7, 11) is 0. The second kappa shape index (κ2) is 7.54. The van der Waals surface area contributed by atoms with Crippen LogP contribution in [0.5, 0.6) is 0 Å². The van der Waals surface area contributed by atoms with Crippen molar-refractivity contribution in [1.29, 1.82) is 0 Å². The molecule has 1 aliphatic rings. The Hall–Kier alpha value is -3.41. The number of para-hydroxylation sites is 1. The minimum Gasteiger partial charge on any atom is -0.425 e. The van der Waals surface area contributed by atoms with Crippen LogP contribution < -0.4 is 5.32 Å². The lowest BCUT2D eigenvalue weighted by atomic mass is 10.1. The molecule has 29 heavy (non-hydrogen) atoms. The van der Waals surface area contributed by atoms with Gasteiger partial charge in [-0.2, -0.15) is 0 Å². The minimum atomic E-state index is 0.0167. The van der Waals surface area contributed by atoms with Crippen LogP contribution in [0.4, 0.5) is 0 Å². The molecule has 5 rings (SSSR count). The second-order valence-electron chi connectivity index (χ2n) is 7.48. The molecule has 0 saturated heterocycles. The summed E-state index contributed by atoms with van der Waals surface area (Å²) >= 11 is 0. The molecule has 146 valence electrons. The van der Waals surface area contributed by atoms with Crippen molar-refractivity contribution in [2.45, 2.75) is 38.1 Å². The predicted octanol–water partition coefficient (Wildman–Crippen LogP) is 3.88. The molecule has 2 aromatic carbocycles. The molecule has 0 saturated carbocycles. The molecule has 0 fully saturated rings. The summed E-state index contributed by atoms with van der Waals surface area (Å²) in [6.07, 6.45) is 5.31. The molecular weight excluding hydrogens is 364 g/mol. The zero-order valence-corrected chi connectivity index (χ0v) is 16.0. The van der Waals surface area contributed by atoms with E-state index in [2.05, 4.69) is 38.7 Å². The van der Waals surface area contributed by atoms with Gasteiger partial charge in [0.05, 0.1) is 12.5 Å². The van der Waals surface area contributed by atoms with Crippen LogP contribution in [0, 0.1) is 0 Å². The van der Waals surface area contributed by atoms with Crippen LogP contribution in [-0.4, -0.2) is 21.1 Å². The highest BCUT2D eigenvalue weighted by molar-refractivity contribution is 5.83. The number of benzene rings is 2.